The lowest BCUT2D eigenvalue weighted by Crippen LogP contribution is -2.48. The Balaban J connectivity index is 1.60. The molecule has 2 rings (SSSR count). The Hall–Kier alpha value is -0.940. The summed E-state index contributed by atoms with van der Waals surface area (Å²) in [5, 5.41) is 3.50. The van der Waals surface area contributed by atoms with E-state index in [1.807, 2.05) is 0 Å². The van der Waals surface area contributed by atoms with E-state index in [-0.39, 0.29) is 0 Å². The number of piperazine rings is 1. The highest BCUT2D eigenvalue weighted by atomic mass is 16.5. The average Bonchev–Trinajstić information content (AvgIpc) is 2.50. The van der Waals surface area contributed by atoms with Gasteiger partial charge >= 0.3 is 0 Å². The van der Waals surface area contributed by atoms with Crippen molar-refractivity contribution in [3.05, 3.63) is 35.9 Å². The second kappa shape index (κ2) is 9.15. The van der Waals surface area contributed by atoms with E-state index in [1.54, 1.807) is 7.11 Å². The van der Waals surface area contributed by atoms with Crippen LogP contribution in [0.25, 0.3) is 0 Å². The fourth-order valence-corrected chi connectivity index (χ4v) is 2.79. The molecule has 0 aliphatic carbocycles. The van der Waals surface area contributed by atoms with Crippen molar-refractivity contribution >= 4 is 0 Å². The summed E-state index contributed by atoms with van der Waals surface area (Å²) < 4.78 is 5.13. The minimum atomic E-state index is 0.439. The minimum Gasteiger partial charge on any atom is -0.383 e. The second-order valence-electron chi connectivity index (χ2n) is 5.91. The molecule has 1 aliphatic heterocycles. The molecule has 118 valence electrons. The van der Waals surface area contributed by atoms with Crippen molar-refractivity contribution in [1.82, 2.24) is 15.1 Å². The van der Waals surface area contributed by atoms with Gasteiger partial charge in [-0.3, -0.25) is 9.80 Å². The van der Waals surface area contributed by atoms with E-state index >= 15 is 0 Å². The summed E-state index contributed by atoms with van der Waals surface area (Å²) in [5.41, 5.74) is 1.42. The summed E-state index contributed by atoms with van der Waals surface area (Å²) in [6.45, 7) is 10.9. The molecule has 4 nitrogen and oxygen atoms in total. The number of nitrogens with zero attached hydrogens (tertiary/aromatic N) is 2. The van der Waals surface area contributed by atoms with Gasteiger partial charge < -0.3 is 10.1 Å². The first-order valence-electron chi connectivity index (χ1n) is 7.99. The Morgan fingerprint density at radius 2 is 1.76 bits per heavy atom. The number of nitrogens with one attached hydrogen (secondary N) is 1. The molecule has 0 radical (unpaired) electrons. The van der Waals surface area contributed by atoms with Crippen molar-refractivity contribution in [3.63, 3.8) is 0 Å². The SMILES string of the molecule is COCC(C)NCCN1CCN(Cc2ccccc2)CC1. The molecule has 0 aromatic heterocycles. The van der Waals surface area contributed by atoms with Crippen LogP contribution in [0.15, 0.2) is 30.3 Å². The van der Waals surface area contributed by atoms with Crippen molar-refractivity contribution in [2.75, 3.05) is 53.0 Å². The monoisotopic (exact) mass is 291 g/mol. The van der Waals surface area contributed by atoms with Crippen molar-refractivity contribution in [2.24, 2.45) is 0 Å². The first kappa shape index (κ1) is 16.4. The number of methoxy groups -OCH3 is 1. The molecule has 0 saturated carbocycles. The molecule has 1 saturated heterocycles. The third-order valence-electron chi connectivity index (χ3n) is 4.05. The zero-order chi connectivity index (χ0) is 14.9. The quantitative estimate of drug-likeness (QED) is 0.784. The van der Waals surface area contributed by atoms with E-state index in [1.165, 1.54) is 31.7 Å². The third-order valence-corrected chi connectivity index (χ3v) is 4.05. The summed E-state index contributed by atoms with van der Waals surface area (Å²) in [6.07, 6.45) is 0. The minimum absolute atomic E-state index is 0.439. The Kier molecular flexibility index (Phi) is 7.16. The summed E-state index contributed by atoms with van der Waals surface area (Å²) in [6, 6.07) is 11.2. The first-order valence-corrected chi connectivity index (χ1v) is 7.99. The summed E-state index contributed by atoms with van der Waals surface area (Å²) in [5.74, 6) is 0. The zero-order valence-electron chi connectivity index (χ0n) is 13.4. The van der Waals surface area contributed by atoms with Crippen molar-refractivity contribution in [3.8, 4) is 0 Å². The predicted molar refractivity (Wildman–Crippen MR) is 87.5 cm³/mol. The van der Waals surface area contributed by atoms with Crippen LogP contribution in [0.3, 0.4) is 0 Å². The van der Waals surface area contributed by atoms with Gasteiger partial charge in [0.25, 0.3) is 0 Å². The number of hydrogen-bond acceptors (Lipinski definition) is 4. The van der Waals surface area contributed by atoms with Gasteiger partial charge in [-0.2, -0.15) is 0 Å². The van der Waals surface area contributed by atoms with Crippen molar-refractivity contribution in [1.29, 1.82) is 0 Å². The Morgan fingerprint density at radius 1 is 1.10 bits per heavy atom. The molecule has 1 fully saturated rings. The second-order valence-corrected chi connectivity index (χ2v) is 5.91. The number of benzene rings is 1. The van der Waals surface area contributed by atoms with E-state index in [9.17, 15) is 0 Å². The van der Waals surface area contributed by atoms with Gasteiger partial charge in [0.2, 0.25) is 0 Å². The topological polar surface area (TPSA) is 27.7 Å². The van der Waals surface area contributed by atoms with Crippen LogP contribution in [-0.4, -0.2) is 68.8 Å². The Labute approximate surface area is 129 Å². The Morgan fingerprint density at radius 3 is 2.43 bits per heavy atom. The summed E-state index contributed by atoms with van der Waals surface area (Å²) in [7, 11) is 1.75. The van der Waals surface area contributed by atoms with Gasteiger partial charge in [0.05, 0.1) is 6.61 Å². The summed E-state index contributed by atoms with van der Waals surface area (Å²) in [4.78, 5) is 5.10. The molecule has 1 atom stereocenters. The first-order chi connectivity index (χ1) is 10.3. The van der Waals surface area contributed by atoms with Crippen molar-refractivity contribution < 1.29 is 4.74 Å². The molecule has 4 heteroatoms. The van der Waals surface area contributed by atoms with Gasteiger partial charge in [-0.05, 0) is 12.5 Å². The van der Waals surface area contributed by atoms with E-state index < -0.39 is 0 Å². The van der Waals surface area contributed by atoms with Gasteiger partial charge in [-0.1, -0.05) is 30.3 Å². The van der Waals surface area contributed by atoms with E-state index in [4.69, 9.17) is 4.74 Å². The molecular weight excluding hydrogens is 262 g/mol. The molecule has 0 bridgehead atoms. The standard InChI is InChI=1S/C17H29N3O/c1-16(15-21-2)18-8-9-19-10-12-20(13-11-19)14-17-6-4-3-5-7-17/h3-7,16,18H,8-15H2,1-2H3. The fourth-order valence-electron chi connectivity index (χ4n) is 2.79. The maximum absolute atomic E-state index is 5.13. The smallest absolute Gasteiger partial charge is 0.0613 e. The third kappa shape index (κ3) is 6.14. The fraction of sp³-hybridized carbons (Fsp3) is 0.647. The maximum atomic E-state index is 5.13. The lowest BCUT2D eigenvalue weighted by atomic mass is 10.2. The maximum Gasteiger partial charge on any atom is 0.0613 e. The molecule has 1 N–H and O–H groups in total. The van der Waals surface area contributed by atoms with Crippen LogP contribution < -0.4 is 5.32 Å². The molecule has 1 aromatic rings. The van der Waals surface area contributed by atoms with Gasteiger partial charge in [0, 0.05) is 59.0 Å². The zero-order valence-corrected chi connectivity index (χ0v) is 13.4. The van der Waals surface area contributed by atoms with Gasteiger partial charge in [0.1, 0.15) is 0 Å². The van der Waals surface area contributed by atoms with Gasteiger partial charge in [-0.15, -0.1) is 0 Å². The molecular formula is C17H29N3O. The van der Waals surface area contributed by atoms with E-state index in [0.29, 0.717) is 6.04 Å². The Bertz CT molecular complexity index is 377. The lowest BCUT2D eigenvalue weighted by Gasteiger charge is -2.35. The number of rotatable bonds is 8. The average molecular weight is 291 g/mol. The molecule has 1 aliphatic rings. The molecule has 0 amide bonds. The number of hydrogen-bond donors (Lipinski definition) is 1. The van der Waals surface area contributed by atoms with Crippen LogP contribution in [-0.2, 0) is 11.3 Å². The molecule has 1 heterocycles. The van der Waals surface area contributed by atoms with Crippen LogP contribution in [0.4, 0.5) is 0 Å². The predicted octanol–water partition coefficient (Wildman–Crippen LogP) is 1.43. The normalized spacial score (nSPS) is 18.8. The van der Waals surface area contributed by atoms with Gasteiger partial charge in [0.15, 0.2) is 0 Å². The van der Waals surface area contributed by atoms with Crippen LogP contribution in [0.1, 0.15) is 12.5 Å². The molecule has 1 aromatic carbocycles. The van der Waals surface area contributed by atoms with Crippen molar-refractivity contribution in [2.45, 2.75) is 19.5 Å². The van der Waals surface area contributed by atoms with E-state index in [0.717, 1.165) is 26.2 Å². The summed E-state index contributed by atoms with van der Waals surface area (Å²) >= 11 is 0. The molecule has 0 spiro atoms. The lowest BCUT2D eigenvalue weighted by molar-refractivity contribution is 0.124. The van der Waals surface area contributed by atoms with E-state index in [2.05, 4.69) is 52.4 Å². The molecule has 21 heavy (non-hydrogen) atoms. The largest absolute Gasteiger partial charge is 0.383 e. The highest BCUT2D eigenvalue weighted by Crippen LogP contribution is 2.07. The highest BCUT2D eigenvalue weighted by Gasteiger charge is 2.16. The van der Waals surface area contributed by atoms with Crippen LogP contribution in [0.2, 0.25) is 0 Å². The van der Waals surface area contributed by atoms with Crippen LogP contribution in [0.5, 0.6) is 0 Å². The number of ether oxygens (including phenoxy) is 1. The van der Waals surface area contributed by atoms with Crippen LogP contribution >= 0.6 is 0 Å². The highest BCUT2D eigenvalue weighted by molar-refractivity contribution is 5.14. The van der Waals surface area contributed by atoms with Gasteiger partial charge in [-0.25, -0.2) is 0 Å². The van der Waals surface area contributed by atoms with Crippen LogP contribution in [0, 0.1) is 0 Å². The molecule has 1 unspecified atom stereocenters.